The highest BCUT2D eigenvalue weighted by Gasteiger charge is 2.31. The van der Waals surface area contributed by atoms with Crippen LogP contribution in [0.2, 0.25) is 5.02 Å². The second-order valence-electron chi connectivity index (χ2n) is 11.3. The predicted octanol–water partition coefficient (Wildman–Crippen LogP) is 2.18. The second-order valence-corrected chi connectivity index (χ2v) is 12.1. The highest BCUT2D eigenvalue weighted by Crippen LogP contribution is 2.22. The Labute approximate surface area is 262 Å². The average molecular weight is 643 g/mol. The maximum atomic E-state index is 13.2. The zero-order valence-corrected chi connectivity index (χ0v) is 26.6. The maximum absolute atomic E-state index is 13.2. The van der Waals surface area contributed by atoms with Gasteiger partial charge in [0.25, 0.3) is 0 Å². The molecule has 0 aromatic heterocycles. The van der Waals surface area contributed by atoms with Gasteiger partial charge >= 0.3 is 11.9 Å². The molecule has 240 valence electrons. The zero-order valence-electron chi connectivity index (χ0n) is 24.9. The molecule has 1 aromatic carbocycles. The van der Waals surface area contributed by atoms with Gasteiger partial charge in [0.2, 0.25) is 23.6 Å². The molecule has 0 aliphatic carbocycles. The van der Waals surface area contributed by atoms with Crippen LogP contribution in [0.5, 0.6) is 0 Å². The van der Waals surface area contributed by atoms with E-state index in [0.29, 0.717) is 11.4 Å². The molecule has 0 saturated heterocycles. The molecule has 1 rings (SSSR count). The number of benzene rings is 1. The van der Waals surface area contributed by atoms with E-state index in [1.807, 2.05) is 26.0 Å². The molecule has 3 atom stereocenters. The van der Waals surface area contributed by atoms with Crippen molar-refractivity contribution < 1.29 is 39.0 Å². The Morgan fingerprint density at radius 1 is 0.884 bits per heavy atom. The fourth-order valence-electron chi connectivity index (χ4n) is 3.92. The smallest absolute Gasteiger partial charge is 0.309 e. The number of carboxylic acid groups (broad SMARTS) is 2. The Morgan fingerprint density at radius 2 is 1.49 bits per heavy atom. The molecule has 0 saturated carbocycles. The van der Waals surface area contributed by atoms with Gasteiger partial charge in [-0.25, -0.2) is 0 Å². The molecule has 0 radical (unpaired) electrons. The Balaban J connectivity index is 2.91. The SMILES string of the molecule is CC(C)C[C@H](NC(=O)[C@H](CCC(=O)O)NC(=O)CCC(C)(C)C(=O)O)C(=O)N[C@@H](CS)C(=O)NCCc1ccccc1Cl. The summed E-state index contributed by atoms with van der Waals surface area (Å²) < 4.78 is 0. The summed E-state index contributed by atoms with van der Waals surface area (Å²) in [4.78, 5) is 74.3. The van der Waals surface area contributed by atoms with Crippen molar-refractivity contribution in [2.24, 2.45) is 11.3 Å². The van der Waals surface area contributed by atoms with Gasteiger partial charge in [0.15, 0.2) is 0 Å². The fourth-order valence-corrected chi connectivity index (χ4v) is 4.41. The summed E-state index contributed by atoms with van der Waals surface area (Å²) in [7, 11) is 0. The first kappa shape index (κ1) is 37.7. The van der Waals surface area contributed by atoms with Crippen molar-refractivity contribution in [1.29, 1.82) is 0 Å². The van der Waals surface area contributed by atoms with E-state index in [1.165, 1.54) is 13.8 Å². The number of carbonyl (C=O) groups is 6. The average Bonchev–Trinajstić information content (AvgIpc) is 2.92. The third-order valence-corrected chi connectivity index (χ3v) is 7.40. The maximum Gasteiger partial charge on any atom is 0.309 e. The van der Waals surface area contributed by atoms with Gasteiger partial charge in [-0.2, -0.15) is 12.6 Å². The number of hydrogen-bond acceptors (Lipinski definition) is 7. The highest BCUT2D eigenvalue weighted by atomic mass is 35.5. The van der Waals surface area contributed by atoms with Crippen molar-refractivity contribution in [2.45, 2.75) is 84.3 Å². The van der Waals surface area contributed by atoms with Crippen molar-refractivity contribution in [1.82, 2.24) is 21.3 Å². The molecule has 12 nitrogen and oxygen atoms in total. The second kappa shape index (κ2) is 18.4. The van der Waals surface area contributed by atoms with Crippen molar-refractivity contribution in [3.8, 4) is 0 Å². The predicted molar refractivity (Wildman–Crippen MR) is 165 cm³/mol. The Morgan fingerprint density at radius 3 is 2.05 bits per heavy atom. The number of aliphatic carboxylic acids is 2. The van der Waals surface area contributed by atoms with Crippen LogP contribution in [0.15, 0.2) is 24.3 Å². The summed E-state index contributed by atoms with van der Waals surface area (Å²) in [6.45, 7) is 6.85. The molecule has 0 aliphatic rings. The summed E-state index contributed by atoms with van der Waals surface area (Å²) in [5.74, 6) is -4.87. The quantitative estimate of drug-likeness (QED) is 0.112. The van der Waals surface area contributed by atoms with Gasteiger partial charge < -0.3 is 31.5 Å². The minimum atomic E-state index is -1.28. The van der Waals surface area contributed by atoms with Crippen LogP contribution >= 0.6 is 24.2 Å². The number of carboxylic acids is 2. The van der Waals surface area contributed by atoms with Crippen LogP contribution in [0.1, 0.15) is 65.4 Å². The van der Waals surface area contributed by atoms with Gasteiger partial charge in [0.1, 0.15) is 18.1 Å². The van der Waals surface area contributed by atoms with Gasteiger partial charge in [0, 0.05) is 30.2 Å². The minimum absolute atomic E-state index is 0.00855. The first-order valence-electron chi connectivity index (χ1n) is 14.0. The van der Waals surface area contributed by atoms with Crippen molar-refractivity contribution in [2.75, 3.05) is 12.3 Å². The summed E-state index contributed by atoms with van der Waals surface area (Å²) >= 11 is 10.3. The summed E-state index contributed by atoms with van der Waals surface area (Å²) in [6, 6.07) is 3.84. The van der Waals surface area contributed by atoms with Crippen LogP contribution in [0.3, 0.4) is 0 Å². The van der Waals surface area contributed by atoms with E-state index in [2.05, 4.69) is 33.9 Å². The van der Waals surface area contributed by atoms with Crippen LogP contribution < -0.4 is 21.3 Å². The first-order chi connectivity index (χ1) is 20.1. The minimum Gasteiger partial charge on any atom is -0.481 e. The first-order valence-corrected chi connectivity index (χ1v) is 15.1. The molecule has 0 aliphatic heterocycles. The standard InChI is InChI=1S/C29H43ClN4O8S/c1-17(2)15-21(27(40)34-22(16-43)25(38)31-14-12-18-7-5-6-8-19(18)30)33-26(39)20(9-10-24(36)37)32-23(35)11-13-29(3,4)28(41)42/h5-8,17,20-22,43H,9-16H2,1-4H3,(H,31,38)(H,32,35)(H,33,39)(H,34,40)(H,36,37)(H,41,42)/t20-,21-,22-/m0/s1. The lowest BCUT2D eigenvalue weighted by Crippen LogP contribution is -2.57. The molecule has 0 fully saturated rings. The summed E-state index contributed by atoms with van der Waals surface area (Å²) in [6.07, 6.45) is -0.236. The van der Waals surface area contributed by atoms with Crippen molar-refractivity contribution in [3.63, 3.8) is 0 Å². The van der Waals surface area contributed by atoms with Crippen molar-refractivity contribution >= 4 is 59.8 Å². The number of hydrogen-bond donors (Lipinski definition) is 7. The normalized spacial score (nSPS) is 13.4. The number of carbonyl (C=O) groups excluding carboxylic acids is 4. The van der Waals surface area contributed by atoms with Gasteiger partial charge in [-0.05, 0) is 57.1 Å². The number of nitrogens with one attached hydrogen (secondary N) is 4. The zero-order chi connectivity index (χ0) is 32.7. The van der Waals surface area contributed by atoms with Crippen LogP contribution in [-0.4, -0.2) is 76.2 Å². The van der Waals surface area contributed by atoms with Gasteiger partial charge in [0.05, 0.1) is 5.41 Å². The number of rotatable bonds is 19. The van der Waals surface area contributed by atoms with Crippen LogP contribution in [-0.2, 0) is 35.2 Å². The van der Waals surface area contributed by atoms with E-state index in [4.69, 9.17) is 16.7 Å². The van der Waals surface area contributed by atoms with E-state index >= 15 is 0 Å². The molecular weight excluding hydrogens is 600 g/mol. The molecule has 14 heteroatoms. The number of amides is 4. The molecule has 0 unspecified atom stereocenters. The highest BCUT2D eigenvalue weighted by molar-refractivity contribution is 7.80. The van der Waals surface area contributed by atoms with E-state index in [9.17, 15) is 33.9 Å². The molecule has 0 heterocycles. The van der Waals surface area contributed by atoms with E-state index in [-0.39, 0.29) is 43.9 Å². The molecule has 43 heavy (non-hydrogen) atoms. The van der Waals surface area contributed by atoms with Crippen molar-refractivity contribution in [3.05, 3.63) is 34.9 Å². The van der Waals surface area contributed by atoms with Gasteiger partial charge in [-0.15, -0.1) is 0 Å². The lowest BCUT2D eigenvalue weighted by molar-refractivity contribution is -0.147. The number of thiol groups is 1. The lowest BCUT2D eigenvalue weighted by atomic mass is 9.88. The third-order valence-electron chi connectivity index (χ3n) is 6.66. The van der Waals surface area contributed by atoms with Crippen LogP contribution in [0, 0.1) is 11.3 Å². The molecular formula is C29H43ClN4O8S. The Hall–Kier alpha value is -3.32. The molecule has 0 spiro atoms. The van der Waals surface area contributed by atoms with Gasteiger partial charge in [-0.3, -0.25) is 28.8 Å². The third kappa shape index (κ3) is 14.1. The Bertz CT molecular complexity index is 1150. The summed E-state index contributed by atoms with van der Waals surface area (Å²) in [5, 5.41) is 29.4. The lowest BCUT2D eigenvalue weighted by Gasteiger charge is -2.26. The van der Waals surface area contributed by atoms with Gasteiger partial charge in [-0.1, -0.05) is 43.6 Å². The van der Waals surface area contributed by atoms with E-state index in [0.717, 1.165) is 5.56 Å². The molecule has 1 aromatic rings. The largest absolute Gasteiger partial charge is 0.481 e. The Kier molecular flexibility index (Phi) is 16.1. The van der Waals surface area contributed by atoms with E-state index < -0.39 is 65.5 Å². The molecule has 6 N–H and O–H groups in total. The van der Waals surface area contributed by atoms with E-state index in [1.54, 1.807) is 12.1 Å². The monoisotopic (exact) mass is 642 g/mol. The molecule has 0 bridgehead atoms. The summed E-state index contributed by atoms with van der Waals surface area (Å²) in [5.41, 5.74) is -0.327. The molecule has 4 amide bonds. The topological polar surface area (TPSA) is 191 Å². The van der Waals surface area contributed by atoms with Crippen LogP contribution in [0.4, 0.5) is 0 Å². The number of halogens is 1. The fraction of sp³-hybridized carbons (Fsp3) is 0.586. The van der Waals surface area contributed by atoms with Crippen LogP contribution in [0.25, 0.3) is 0 Å².